The molecule has 0 aromatic heterocycles. The molecule has 0 N–H and O–H groups in total. The number of hydrogen-bond acceptors (Lipinski definition) is 1. The van der Waals surface area contributed by atoms with Crippen LogP contribution in [0.2, 0.25) is 0 Å². The van der Waals surface area contributed by atoms with E-state index in [1.807, 2.05) is 6.07 Å². The zero-order chi connectivity index (χ0) is 31.0. The van der Waals surface area contributed by atoms with Crippen molar-refractivity contribution in [3.63, 3.8) is 0 Å². The van der Waals surface area contributed by atoms with Crippen molar-refractivity contribution >= 4 is 28.8 Å². The third-order valence-corrected chi connectivity index (χ3v) is 14.5. The van der Waals surface area contributed by atoms with Crippen molar-refractivity contribution in [3.8, 4) is 17.2 Å². The Kier molecular flexibility index (Phi) is 6.83. The third-order valence-electron chi connectivity index (χ3n) is 9.75. The molecule has 0 radical (unpaired) electrons. The molecule has 216 valence electrons. The van der Waals surface area contributed by atoms with Gasteiger partial charge < -0.3 is 0 Å². The molecule has 0 spiro atoms. The monoisotopic (exact) mass is 601 g/mol. The second-order valence-corrected chi connectivity index (χ2v) is 15.8. The maximum atomic E-state index is 9.82. The molecule has 0 amide bonds. The summed E-state index contributed by atoms with van der Waals surface area (Å²) in [5.74, 6) is 0. The van der Waals surface area contributed by atoms with Crippen molar-refractivity contribution in [2.24, 2.45) is 0 Å². The first kappa shape index (κ1) is 27.8. The molecule has 1 atom stereocenters. The van der Waals surface area contributed by atoms with E-state index in [1.165, 1.54) is 48.6 Å². The van der Waals surface area contributed by atoms with Crippen LogP contribution >= 0.6 is 0 Å². The highest BCUT2D eigenvalue weighted by Gasteiger charge is 2.47. The number of nitriles is 1. The Balaban J connectivity index is 1.42. The lowest BCUT2D eigenvalue weighted by Crippen LogP contribution is -2.74. The number of fused-ring (bicyclic) bond motifs is 3. The van der Waals surface area contributed by atoms with E-state index in [0.717, 1.165) is 5.56 Å². The average molecular weight is 602 g/mol. The Morgan fingerprint density at radius 1 is 0.391 bits per heavy atom. The Bertz CT molecular complexity index is 2090. The van der Waals surface area contributed by atoms with Crippen molar-refractivity contribution in [1.82, 2.24) is 0 Å². The summed E-state index contributed by atoms with van der Waals surface area (Å²) >= 11 is 0. The summed E-state index contributed by atoms with van der Waals surface area (Å²) in [4.78, 5) is 0. The second kappa shape index (κ2) is 11.3. The minimum atomic E-state index is -2.66. The normalized spacial score (nSPS) is 15.0. The number of nitrogens with zero attached hydrogens (tertiary/aromatic N) is 1. The molecule has 7 aromatic carbocycles. The molecule has 7 aromatic rings. The van der Waals surface area contributed by atoms with Gasteiger partial charge in [0.2, 0.25) is 0 Å². The van der Waals surface area contributed by atoms with Crippen LogP contribution < -0.4 is 20.7 Å². The van der Waals surface area contributed by atoms with Gasteiger partial charge >= 0.3 is 0 Å². The minimum absolute atomic E-state index is 0.518. The highest BCUT2D eigenvalue weighted by atomic mass is 28.3. The summed E-state index contributed by atoms with van der Waals surface area (Å²) in [5, 5.41) is 15.2. The van der Waals surface area contributed by atoms with Crippen molar-refractivity contribution in [1.29, 1.82) is 5.26 Å². The molecule has 1 aliphatic carbocycles. The van der Waals surface area contributed by atoms with Crippen molar-refractivity contribution < 1.29 is 0 Å². The standard InChI is InChI=1S/C44H31NSi/c45-32-33-25-30-43-41(31-33)40-23-13-14-24-42(40)44(43,34-15-5-1-6-16-34)35-26-28-39(29-27-35)46(36-17-7-2-8-18-36,37-19-9-3-10-20-37)38-21-11-4-12-22-38/h1-31H. The highest BCUT2D eigenvalue weighted by molar-refractivity contribution is 7.19. The predicted molar refractivity (Wildman–Crippen MR) is 192 cm³/mol. The van der Waals surface area contributed by atoms with Crippen LogP contribution in [0.4, 0.5) is 0 Å². The minimum Gasteiger partial charge on any atom is -0.192 e. The molecular weight excluding hydrogens is 571 g/mol. The first-order chi connectivity index (χ1) is 22.8. The number of hydrogen-bond donors (Lipinski definition) is 0. The van der Waals surface area contributed by atoms with Crippen molar-refractivity contribution in [2.45, 2.75) is 5.41 Å². The first-order valence-corrected chi connectivity index (χ1v) is 17.8. The fraction of sp³-hybridized carbons (Fsp3) is 0.0227. The Hall–Kier alpha value is -5.75. The number of rotatable bonds is 6. The molecule has 0 aliphatic heterocycles. The van der Waals surface area contributed by atoms with Gasteiger partial charge in [-0.05, 0) is 66.3 Å². The molecule has 1 unspecified atom stereocenters. The Morgan fingerprint density at radius 3 is 1.37 bits per heavy atom. The molecule has 0 saturated carbocycles. The molecule has 0 heterocycles. The largest absolute Gasteiger partial charge is 0.192 e. The van der Waals surface area contributed by atoms with Crippen LogP contribution in [0.3, 0.4) is 0 Å². The van der Waals surface area contributed by atoms with Crippen LogP contribution in [-0.2, 0) is 5.41 Å². The van der Waals surface area contributed by atoms with Gasteiger partial charge in [0.25, 0.3) is 0 Å². The highest BCUT2D eigenvalue weighted by Crippen LogP contribution is 2.56. The lowest BCUT2D eigenvalue weighted by atomic mass is 9.67. The maximum Gasteiger partial charge on any atom is 0.179 e. The lowest BCUT2D eigenvalue weighted by molar-refractivity contribution is 0.768. The summed E-state index contributed by atoms with van der Waals surface area (Å²) in [6.07, 6.45) is 0. The lowest BCUT2D eigenvalue weighted by Gasteiger charge is -2.36. The summed E-state index contributed by atoms with van der Waals surface area (Å²) in [6.45, 7) is 0. The Labute approximate surface area is 271 Å². The van der Waals surface area contributed by atoms with Crippen LogP contribution in [0.15, 0.2) is 188 Å². The SMILES string of the molecule is N#Cc1ccc2c(c1)-c1ccccc1C2(c1ccccc1)c1ccc([Si](c2ccccc2)(c2ccccc2)c2ccccc2)cc1. The fourth-order valence-corrected chi connectivity index (χ4v) is 12.6. The van der Waals surface area contributed by atoms with E-state index < -0.39 is 13.5 Å². The zero-order valence-corrected chi connectivity index (χ0v) is 26.3. The van der Waals surface area contributed by atoms with E-state index in [-0.39, 0.29) is 0 Å². The topological polar surface area (TPSA) is 23.8 Å². The first-order valence-electron chi connectivity index (χ1n) is 15.8. The fourth-order valence-electron chi connectivity index (χ4n) is 7.87. The molecular formula is C44H31NSi. The molecule has 1 nitrogen and oxygen atoms in total. The summed E-state index contributed by atoms with van der Waals surface area (Å²) in [7, 11) is -2.66. The second-order valence-electron chi connectivity index (χ2n) is 12.0. The maximum absolute atomic E-state index is 9.82. The number of benzene rings is 7. The van der Waals surface area contributed by atoms with Gasteiger partial charge in [0, 0.05) is 0 Å². The molecule has 1 aliphatic rings. The molecule has 0 bridgehead atoms. The van der Waals surface area contributed by atoms with E-state index in [9.17, 15) is 5.26 Å². The molecule has 0 saturated heterocycles. The van der Waals surface area contributed by atoms with Gasteiger partial charge in [0.1, 0.15) is 0 Å². The van der Waals surface area contributed by atoms with Gasteiger partial charge in [-0.2, -0.15) is 5.26 Å². The molecule has 46 heavy (non-hydrogen) atoms. The molecule has 0 fully saturated rings. The van der Waals surface area contributed by atoms with Crippen molar-refractivity contribution in [2.75, 3.05) is 0 Å². The third kappa shape index (κ3) is 4.07. The van der Waals surface area contributed by atoms with Gasteiger partial charge in [-0.1, -0.05) is 176 Å². The smallest absolute Gasteiger partial charge is 0.179 e. The zero-order valence-electron chi connectivity index (χ0n) is 25.3. The quantitative estimate of drug-likeness (QED) is 0.145. The summed E-state index contributed by atoms with van der Waals surface area (Å²) < 4.78 is 0. The van der Waals surface area contributed by atoms with Crippen LogP contribution in [0.1, 0.15) is 27.8 Å². The van der Waals surface area contributed by atoms with E-state index in [0.29, 0.717) is 5.56 Å². The van der Waals surface area contributed by atoms with E-state index in [2.05, 4.69) is 188 Å². The van der Waals surface area contributed by atoms with Crippen LogP contribution in [0.5, 0.6) is 0 Å². The summed E-state index contributed by atoms with van der Waals surface area (Å²) in [5.41, 5.74) is 7.37. The molecule has 2 heteroatoms. The van der Waals surface area contributed by atoms with Gasteiger partial charge in [-0.25, -0.2) is 0 Å². The van der Waals surface area contributed by atoms with Gasteiger partial charge in [0.05, 0.1) is 17.0 Å². The summed E-state index contributed by atoms with van der Waals surface area (Å²) in [6, 6.07) is 70.8. The predicted octanol–water partition coefficient (Wildman–Crippen LogP) is 7.30. The Morgan fingerprint density at radius 2 is 0.826 bits per heavy atom. The van der Waals surface area contributed by atoms with Crippen LogP contribution in [0, 0.1) is 11.3 Å². The van der Waals surface area contributed by atoms with Crippen molar-refractivity contribution in [3.05, 3.63) is 216 Å². The molecule has 8 rings (SSSR count). The van der Waals surface area contributed by atoms with Gasteiger partial charge in [-0.15, -0.1) is 0 Å². The van der Waals surface area contributed by atoms with Crippen LogP contribution in [0.25, 0.3) is 11.1 Å². The van der Waals surface area contributed by atoms with Gasteiger partial charge in [0.15, 0.2) is 8.07 Å². The van der Waals surface area contributed by atoms with E-state index >= 15 is 0 Å². The average Bonchev–Trinajstić information content (AvgIpc) is 3.44. The van der Waals surface area contributed by atoms with Gasteiger partial charge in [-0.3, -0.25) is 0 Å². The van der Waals surface area contributed by atoms with E-state index in [1.54, 1.807) is 0 Å². The van der Waals surface area contributed by atoms with E-state index in [4.69, 9.17) is 0 Å². The van der Waals surface area contributed by atoms with Crippen LogP contribution in [-0.4, -0.2) is 8.07 Å².